The van der Waals surface area contributed by atoms with Crippen LogP contribution in [0.3, 0.4) is 0 Å². The van der Waals surface area contributed by atoms with Gasteiger partial charge in [-0.15, -0.1) is 11.3 Å². The fourth-order valence-corrected chi connectivity index (χ4v) is 2.39. The van der Waals surface area contributed by atoms with Gasteiger partial charge in [0.1, 0.15) is 0 Å². The van der Waals surface area contributed by atoms with E-state index in [1.165, 1.54) is 9.75 Å². The maximum absolute atomic E-state index is 5.89. The summed E-state index contributed by atoms with van der Waals surface area (Å²) >= 11 is 7.69. The van der Waals surface area contributed by atoms with Crippen molar-refractivity contribution in [2.75, 3.05) is 5.32 Å². The zero-order valence-electron chi connectivity index (χ0n) is 8.90. The van der Waals surface area contributed by atoms with Gasteiger partial charge in [0.05, 0.1) is 6.54 Å². The maximum atomic E-state index is 5.89. The van der Waals surface area contributed by atoms with Crippen molar-refractivity contribution in [1.29, 1.82) is 0 Å². The molecule has 3 nitrogen and oxygen atoms in total. The highest BCUT2D eigenvalue weighted by Crippen LogP contribution is 2.20. The van der Waals surface area contributed by atoms with E-state index in [0.717, 1.165) is 13.0 Å². The summed E-state index contributed by atoms with van der Waals surface area (Å²) in [5.74, 6) is 0.635. The van der Waals surface area contributed by atoms with E-state index in [9.17, 15) is 0 Å². The van der Waals surface area contributed by atoms with E-state index in [2.05, 4.69) is 34.3 Å². The molecule has 0 aliphatic carbocycles. The number of aryl methyl sites for hydroxylation is 1. The Morgan fingerprint density at radius 1 is 1.25 bits per heavy atom. The molecule has 0 saturated heterocycles. The average Bonchev–Trinajstić information content (AvgIpc) is 2.76. The molecule has 0 saturated carbocycles. The van der Waals surface area contributed by atoms with Crippen LogP contribution in [0.2, 0.25) is 5.15 Å². The molecule has 0 unspecified atom stereocenters. The number of nitrogens with zero attached hydrogens (tertiary/aromatic N) is 2. The largest absolute Gasteiger partial charge is 0.363 e. The summed E-state index contributed by atoms with van der Waals surface area (Å²) in [4.78, 5) is 10.7. The fraction of sp³-hybridized carbons (Fsp3) is 0.273. The number of hydrogen-bond donors (Lipinski definition) is 1. The molecular weight excluding hydrogens is 242 g/mol. The Kier molecular flexibility index (Phi) is 3.74. The van der Waals surface area contributed by atoms with E-state index in [-0.39, 0.29) is 0 Å². The number of nitrogens with one attached hydrogen (secondary N) is 1. The van der Waals surface area contributed by atoms with Gasteiger partial charge in [0.25, 0.3) is 0 Å². The number of thiophene rings is 1. The number of halogens is 1. The third-order valence-electron chi connectivity index (χ3n) is 2.15. The van der Waals surface area contributed by atoms with Gasteiger partial charge in [-0.1, -0.05) is 18.5 Å². The van der Waals surface area contributed by atoms with Gasteiger partial charge in [-0.2, -0.15) is 0 Å². The number of aromatic nitrogens is 2. The van der Waals surface area contributed by atoms with Crippen molar-refractivity contribution in [2.45, 2.75) is 19.9 Å². The van der Waals surface area contributed by atoms with Crippen molar-refractivity contribution >= 4 is 28.8 Å². The van der Waals surface area contributed by atoms with E-state index < -0.39 is 0 Å². The summed E-state index contributed by atoms with van der Waals surface area (Å²) in [7, 11) is 0. The van der Waals surface area contributed by atoms with Crippen molar-refractivity contribution in [2.24, 2.45) is 0 Å². The normalized spacial score (nSPS) is 10.4. The van der Waals surface area contributed by atoms with Gasteiger partial charge in [-0.25, -0.2) is 9.97 Å². The molecular formula is C11H12ClN3S. The fourth-order valence-electron chi connectivity index (χ4n) is 1.32. The highest BCUT2D eigenvalue weighted by atomic mass is 35.5. The molecule has 0 bridgehead atoms. The Balaban J connectivity index is 1.99. The molecule has 0 spiro atoms. The highest BCUT2D eigenvalue weighted by molar-refractivity contribution is 7.12. The van der Waals surface area contributed by atoms with Crippen LogP contribution in [0.5, 0.6) is 0 Å². The SMILES string of the molecule is CCc1ccc(CNc2nccnc2Cl)s1. The molecule has 0 aromatic carbocycles. The van der Waals surface area contributed by atoms with Crippen molar-refractivity contribution in [1.82, 2.24) is 9.97 Å². The Morgan fingerprint density at radius 2 is 2.00 bits per heavy atom. The van der Waals surface area contributed by atoms with E-state index >= 15 is 0 Å². The zero-order chi connectivity index (χ0) is 11.4. The standard InChI is InChI=1S/C11H12ClN3S/c1-2-8-3-4-9(16-8)7-15-11-10(12)13-5-6-14-11/h3-6H,2,7H2,1H3,(H,14,15). The van der Waals surface area contributed by atoms with Crippen LogP contribution >= 0.6 is 22.9 Å². The van der Waals surface area contributed by atoms with Crippen LogP contribution < -0.4 is 5.32 Å². The predicted molar refractivity (Wildman–Crippen MR) is 68.1 cm³/mol. The van der Waals surface area contributed by atoms with Gasteiger partial charge in [0.15, 0.2) is 11.0 Å². The van der Waals surface area contributed by atoms with Crippen molar-refractivity contribution in [3.8, 4) is 0 Å². The molecule has 84 valence electrons. The Morgan fingerprint density at radius 3 is 2.69 bits per heavy atom. The summed E-state index contributed by atoms with van der Waals surface area (Å²) in [5.41, 5.74) is 0. The molecule has 2 heterocycles. The van der Waals surface area contributed by atoms with Gasteiger partial charge in [0, 0.05) is 22.1 Å². The molecule has 2 aromatic rings. The van der Waals surface area contributed by atoms with Crippen molar-refractivity contribution in [3.05, 3.63) is 39.4 Å². The quantitative estimate of drug-likeness (QED) is 0.908. The van der Waals surface area contributed by atoms with Crippen LogP contribution in [0.1, 0.15) is 16.7 Å². The Bertz CT molecular complexity index is 470. The minimum absolute atomic E-state index is 0.412. The molecule has 2 aromatic heterocycles. The number of rotatable bonds is 4. The second-order valence-electron chi connectivity index (χ2n) is 3.27. The minimum Gasteiger partial charge on any atom is -0.363 e. The van der Waals surface area contributed by atoms with Gasteiger partial charge in [0.2, 0.25) is 0 Å². The lowest BCUT2D eigenvalue weighted by Gasteiger charge is -2.04. The molecule has 0 aliphatic rings. The van der Waals surface area contributed by atoms with Crippen molar-refractivity contribution in [3.63, 3.8) is 0 Å². The molecule has 5 heteroatoms. The molecule has 1 N–H and O–H groups in total. The average molecular weight is 254 g/mol. The third-order valence-corrected chi connectivity index (χ3v) is 3.66. The monoisotopic (exact) mass is 253 g/mol. The number of hydrogen-bond acceptors (Lipinski definition) is 4. The van der Waals surface area contributed by atoms with Gasteiger partial charge >= 0.3 is 0 Å². The van der Waals surface area contributed by atoms with Crippen LogP contribution in [0, 0.1) is 0 Å². The Labute approximate surface area is 104 Å². The van der Waals surface area contributed by atoms with Gasteiger partial charge < -0.3 is 5.32 Å². The summed E-state index contributed by atoms with van der Waals surface area (Å²) in [5, 5.41) is 3.58. The predicted octanol–water partition coefficient (Wildman–Crippen LogP) is 3.37. The van der Waals surface area contributed by atoms with E-state index in [4.69, 9.17) is 11.6 Å². The van der Waals surface area contributed by atoms with Crippen LogP contribution in [0.4, 0.5) is 5.82 Å². The molecule has 0 amide bonds. The molecule has 0 radical (unpaired) electrons. The first-order valence-electron chi connectivity index (χ1n) is 5.07. The summed E-state index contributed by atoms with van der Waals surface area (Å²) in [6, 6.07) is 4.28. The van der Waals surface area contributed by atoms with Crippen LogP contribution in [0.25, 0.3) is 0 Å². The third kappa shape index (κ3) is 2.71. The first-order chi connectivity index (χ1) is 7.79. The molecule has 0 aliphatic heterocycles. The minimum atomic E-state index is 0.412. The lowest BCUT2D eigenvalue weighted by Crippen LogP contribution is -2.00. The van der Waals surface area contributed by atoms with E-state index in [1.54, 1.807) is 23.7 Å². The summed E-state index contributed by atoms with van der Waals surface area (Å²) in [6.07, 6.45) is 4.28. The van der Waals surface area contributed by atoms with Crippen molar-refractivity contribution < 1.29 is 0 Å². The van der Waals surface area contributed by atoms with E-state index in [0.29, 0.717) is 11.0 Å². The molecule has 0 fully saturated rings. The van der Waals surface area contributed by atoms with E-state index in [1.807, 2.05) is 0 Å². The molecule has 2 rings (SSSR count). The molecule has 0 atom stereocenters. The number of anilines is 1. The first-order valence-corrected chi connectivity index (χ1v) is 6.27. The summed E-state index contributed by atoms with van der Waals surface area (Å²) in [6.45, 7) is 2.89. The lowest BCUT2D eigenvalue weighted by atomic mass is 10.3. The second-order valence-corrected chi connectivity index (χ2v) is 4.88. The summed E-state index contributed by atoms with van der Waals surface area (Å²) < 4.78 is 0. The van der Waals surface area contributed by atoms with Gasteiger partial charge in [-0.05, 0) is 18.6 Å². The maximum Gasteiger partial charge on any atom is 0.171 e. The van der Waals surface area contributed by atoms with Crippen LogP contribution in [-0.2, 0) is 13.0 Å². The van der Waals surface area contributed by atoms with Gasteiger partial charge in [-0.3, -0.25) is 0 Å². The first kappa shape index (κ1) is 11.4. The van der Waals surface area contributed by atoms with Crippen LogP contribution in [0.15, 0.2) is 24.5 Å². The van der Waals surface area contributed by atoms with Crippen LogP contribution in [-0.4, -0.2) is 9.97 Å². The highest BCUT2D eigenvalue weighted by Gasteiger charge is 2.02. The lowest BCUT2D eigenvalue weighted by molar-refractivity contribution is 1.11. The zero-order valence-corrected chi connectivity index (χ0v) is 10.5. The smallest absolute Gasteiger partial charge is 0.171 e. The second kappa shape index (κ2) is 5.27. The molecule has 16 heavy (non-hydrogen) atoms. The Hall–Kier alpha value is -1.13. The topological polar surface area (TPSA) is 37.8 Å².